The minimum absolute atomic E-state index is 0.256. The fourth-order valence-electron chi connectivity index (χ4n) is 3.36. The van der Waals surface area contributed by atoms with Gasteiger partial charge in [0.1, 0.15) is 5.01 Å². The first kappa shape index (κ1) is 12.9. The molecule has 108 valence electrons. The lowest BCUT2D eigenvalue weighted by Crippen LogP contribution is -2.33. The molecule has 1 saturated heterocycles. The molecule has 0 aromatic carbocycles. The van der Waals surface area contributed by atoms with Crippen LogP contribution in [0.15, 0.2) is 18.3 Å². The zero-order chi connectivity index (χ0) is 14.6. The number of pyridine rings is 1. The van der Waals surface area contributed by atoms with Crippen LogP contribution in [0.5, 0.6) is 0 Å². The fraction of sp³-hybridized carbons (Fsp3) is 0.400. The van der Waals surface area contributed by atoms with Gasteiger partial charge in [-0.3, -0.25) is 9.88 Å². The van der Waals surface area contributed by atoms with E-state index in [9.17, 15) is 4.79 Å². The van der Waals surface area contributed by atoms with Gasteiger partial charge in [-0.15, -0.1) is 11.3 Å². The third-order valence-corrected chi connectivity index (χ3v) is 5.75. The van der Waals surface area contributed by atoms with Gasteiger partial charge >= 0.3 is 5.97 Å². The summed E-state index contributed by atoms with van der Waals surface area (Å²) >= 11 is 1.66. The van der Waals surface area contributed by atoms with E-state index < -0.39 is 5.97 Å². The molecule has 1 fully saturated rings. The summed E-state index contributed by atoms with van der Waals surface area (Å²) in [6, 6.07) is 4.20. The van der Waals surface area contributed by atoms with E-state index in [1.807, 2.05) is 0 Å². The Balaban J connectivity index is 1.75. The van der Waals surface area contributed by atoms with Crippen molar-refractivity contribution in [2.45, 2.75) is 31.3 Å². The number of aromatic carboxylic acids is 1. The largest absolute Gasteiger partial charge is 0.478 e. The first-order valence-electron chi connectivity index (χ1n) is 7.04. The molecule has 1 N–H and O–H groups in total. The molecule has 0 saturated carbocycles. The number of likely N-dealkylation sites (N-methyl/N-ethyl adjacent to an activating group) is 1. The normalized spacial score (nSPS) is 24.0. The summed E-state index contributed by atoms with van der Waals surface area (Å²) < 4.78 is 0. The number of rotatable bonds is 2. The number of hydrogen-bond acceptors (Lipinski definition) is 5. The zero-order valence-corrected chi connectivity index (χ0v) is 12.4. The molecule has 21 heavy (non-hydrogen) atoms. The van der Waals surface area contributed by atoms with E-state index in [-0.39, 0.29) is 5.56 Å². The second kappa shape index (κ2) is 4.61. The van der Waals surface area contributed by atoms with Gasteiger partial charge in [-0.1, -0.05) is 0 Å². The lowest BCUT2D eigenvalue weighted by atomic mass is 10.1. The molecular formula is C15H15N3O2S. The molecule has 4 heterocycles. The topological polar surface area (TPSA) is 66.3 Å². The fourth-order valence-corrected chi connectivity index (χ4v) is 4.60. The van der Waals surface area contributed by atoms with Gasteiger partial charge in [0.25, 0.3) is 0 Å². The molecule has 0 radical (unpaired) electrons. The summed E-state index contributed by atoms with van der Waals surface area (Å²) in [4.78, 5) is 23.9. The van der Waals surface area contributed by atoms with Gasteiger partial charge in [0.05, 0.1) is 17.0 Å². The van der Waals surface area contributed by atoms with E-state index in [2.05, 4.69) is 16.9 Å². The molecule has 2 aromatic rings. The SMILES string of the molecule is CN1C2CCC1c1sc(-c3cc(C(=O)O)ccn3)nc1C2. The smallest absolute Gasteiger partial charge is 0.335 e. The van der Waals surface area contributed by atoms with Crippen LogP contribution < -0.4 is 0 Å². The Morgan fingerprint density at radius 2 is 2.33 bits per heavy atom. The third kappa shape index (κ3) is 1.98. The summed E-state index contributed by atoms with van der Waals surface area (Å²) in [5.74, 6) is -0.932. The number of carbonyl (C=O) groups is 1. The van der Waals surface area contributed by atoms with E-state index in [1.54, 1.807) is 17.4 Å². The Hall–Kier alpha value is -1.79. The third-order valence-electron chi connectivity index (χ3n) is 4.53. The quantitative estimate of drug-likeness (QED) is 0.923. The van der Waals surface area contributed by atoms with Crippen molar-refractivity contribution in [1.29, 1.82) is 0 Å². The van der Waals surface area contributed by atoms with E-state index in [0.717, 1.165) is 11.4 Å². The monoisotopic (exact) mass is 301 g/mol. The molecule has 0 aliphatic carbocycles. The molecule has 2 atom stereocenters. The van der Waals surface area contributed by atoms with Crippen LogP contribution in [0, 0.1) is 0 Å². The van der Waals surface area contributed by atoms with Crippen LogP contribution in [-0.2, 0) is 6.42 Å². The second-order valence-electron chi connectivity index (χ2n) is 5.68. The van der Waals surface area contributed by atoms with Crippen molar-refractivity contribution in [3.63, 3.8) is 0 Å². The minimum atomic E-state index is -0.932. The molecule has 2 aliphatic rings. The number of thiazole rings is 1. The van der Waals surface area contributed by atoms with Crippen molar-refractivity contribution in [2.24, 2.45) is 0 Å². The highest BCUT2D eigenvalue weighted by Crippen LogP contribution is 2.46. The van der Waals surface area contributed by atoms with Crippen molar-refractivity contribution >= 4 is 17.3 Å². The average molecular weight is 301 g/mol. The van der Waals surface area contributed by atoms with Crippen molar-refractivity contribution in [3.8, 4) is 10.7 Å². The summed E-state index contributed by atoms with van der Waals surface area (Å²) in [5, 5.41) is 9.92. The molecule has 6 heteroatoms. The Morgan fingerprint density at radius 3 is 3.14 bits per heavy atom. The average Bonchev–Trinajstić information content (AvgIpc) is 3.00. The predicted octanol–water partition coefficient (Wildman–Crippen LogP) is 2.59. The van der Waals surface area contributed by atoms with Gasteiger partial charge in [-0.2, -0.15) is 0 Å². The predicted molar refractivity (Wildman–Crippen MR) is 79.5 cm³/mol. The Bertz CT molecular complexity index is 727. The highest BCUT2D eigenvalue weighted by molar-refractivity contribution is 7.15. The molecule has 2 aromatic heterocycles. The summed E-state index contributed by atoms with van der Waals surface area (Å²) in [7, 11) is 2.19. The van der Waals surface area contributed by atoms with Crippen molar-refractivity contribution in [2.75, 3.05) is 7.05 Å². The number of carboxylic acid groups (broad SMARTS) is 1. The molecular weight excluding hydrogens is 286 g/mol. The molecule has 2 unspecified atom stereocenters. The van der Waals surface area contributed by atoms with Crippen LogP contribution in [0.25, 0.3) is 10.7 Å². The van der Waals surface area contributed by atoms with Gasteiger partial charge in [-0.05, 0) is 32.0 Å². The maximum absolute atomic E-state index is 11.1. The van der Waals surface area contributed by atoms with Gasteiger partial charge in [0, 0.05) is 29.6 Å². The Morgan fingerprint density at radius 1 is 1.48 bits per heavy atom. The first-order chi connectivity index (χ1) is 10.1. The molecule has 4 rings (SSSR count). The lowest BCUT2D eigenvalue weighted by Gasteiger charge is -2.29. The van der Waals surface area contributed by atoms with Crippen LogP contribution >= 0.6 is 11.3 Å². The summed E-state index contributed by atoms with van der Waals surface area (Å²) in [5.41, 5.74) is 2.10. The van der Waals surface area contributed by atoms with E-state index in [4.69, 9.17) is 10.1 Å². The number of nitrogens with zero attached hydrogens (tertiary/aromatic N) is 3. The highest BCUT2D eigenvalue weighted by atomic mass is 32.1. The number of carboxylic acids is 1. The molecule has 2 bridgehead atoms. The number of fused-ring (bicyclic) bond motifs is 4. The highest BCUT2D eigenvalue weighted by Gasteiger charge is 2.39. The van der Waals surface area contributed by atoms with E-state index in [0.29, 0.717) is 17.8 Å². The number of hydrogen-bond donors (Lipinski definition) is 1. The van der Waals surface area contributed by atoms with E-state index in [1.165, 1.54) is 35.7 Å². The maximum Gasteiger partial charge on any atom is 0.335 e. The van der Waals surface area contributed by atoms with Gasteiger partial charge in [-0.25, -0.2) is 9.78 Å². The van der Waals surface area contributed by atoms with Crippen LogP contribution in [0.4, 0.5) is 0 Å². The second-order valence-corrected chi connectivity index (χ2v) is 6.71. The van der Waals surface area contributed by atoms with Crippen LogP contribution in [0.1, 0.15) is 39.8 Å². The van der Waals surface area contributed by atoms with Gasteiger partial charge < -0.3 is 5.11 Å². The lowest BCUT2D eigenvalue weighted by molar-refractivity contribution is 0.0697. The summed E-state index contributed by atoms with van der Waals surface area (Å²) in [6.45, 7) is 0. The van der Waals surface area contributed by atoms with Crippen molar-refractivity contribution in [3.05, 3.63) is 34.5 Å². The van der Waals surface area contributed by atoms with Gasteiger partial charge in [0.15, 0.2) is 0 Å². The standard InChI is InChI=1S/C15H15N3O2S/c1-18-9-2-3-12(18)13-10(7-9)17-14(21-13)11-6-8(15(19)20)4-5-16-11/h4-6,9,12H,2-3,7H2,1H3,(H,19,20). The molecule has 2 aliphatic heterocycles. The first-order valence-corrected chi connectivity index (χ1v) is 7.86. The van der Waals surface area contributed by atoms with Crippen molar-refractivity contribution < 1.29 is 9.90 Å². The summed E-state index contributed by atoms with van der Waals surface area (Å²) in [6.07, 6.45) is 4.97. The Labute approximate surface area is 126 Å². The van der Waals surface area contributed by atoms with E-state index >= 15 is 0 Å². The maximum atomic E-state index is 11.1. The van der Waals surface area contributed by atoms with Crippen LogP contribution in [0.3, 0.4) is 0 Å². The van der Waals surface area contributed by atoms with Gasteiger partial charge in [0.2, 0.25) is 0 Å². The Kier molecular flexibility index (Phi) is 2.83. The van der Waals surface area contributed by atoms with Crippen LogP contribution in [-0.4, -0.2) is 39.0 Å². The number of aromatic nitrogens is 2. The van der Waals surface area contributed by atoms with Crippen molar-refractivity contribution in [1.82, 2.24) is 14.9 Å². The zero-order valence-electron chi connectivity index (χ0n) is 11.6. The molecule has 5 nitrogen and oxygen atoms in total. The molecule has 0 amide bonds. The van der Waals surface area contributed by atoms with Crippen LogP contribution in [0.2, 0.25) is 0 Å². The minimum Gasteiger partial charge on any atom is -0.478 e. The molecule has 0 spiro atoms.